The van der Waals surface area contributed by atoms with E-state index in [0.717, 1.165) is 15.7 Å². The van der Waals surface area contributed by atoms with Gasteiger partial charge >= 0.3 is 0 Å². The van der Waals surface area contributed by atoms with Crippen LogP contribution >= 0.6 is 31.9 Å². The van der Waals surface area contributed by atoms with Crippen molar-refractivity contribution in [1.29, 1.82) is 0 Å². The van der Waals surface area contributed by atoms with Crippen molar-refractivity contribution < 1.29 is 4.39 Å². The largest absolute Gasteiger partial charge is 0.271 e. The van der Waals surface area contributed by atoms with Gasteiger partial charge in [-0.1, -0.05) is 15.9 Å². The van der Waals surface area contributed by atoms with Crippen LogP contribution in [0.25, 0.3) is 0 Å². The normalized spacial score (nSPS) is 12.4. The molecule has 3 N–H and O–H groups in total. The van der Waals surface area contributed by atoms with Gasteiger partial charge in [0.25, 0.3) is 0 Å². The number of hydrazine groups is 1. The monoisotopic (exact) mass is 387 g/mol. The Kier molecular flexibility index (Phi) is 5.04. The van der Waals surface area contributed by atoms with Gasteiger partial charge in [0.2, 0.25) is 0 Å². The maximum absolute atomic E-state index is 13.4. The molecule has 0 aliphatic heterocycles. The van der Waals surface area contributed by atoms with Crippen LogP contribution in [-0.2, 0) is 6.42 Å². The van der Waals surface area contributed by atoms with Crippen molar-refractivity contribution >= 4 is 31.9 Å². The molecule has 0 aliphatic carbocycles. The van der Waals surface area contributed by atoms with Crippen LogP contribution in [0.15, 0.2) is 45.5 Å². The molecule has 0 bridgehead atoms. The van der Waals surface area contributed by atoms with Crippen molar-refractivity contribution in [3.63, 3.8) is 0 Å². The van der Waals surface area contributed by atoms with Gasteiger partial charge in [-0.3, -0.25) is 16.3 Å². The molecule has 1 atom stereocenters. The first-order valence-corrected chi connectivity index (χ1v) is 7.19. The van der Waals surface area contributed by atoms with E-state index in [4.69, 9.17) is 5.84 Å². The molecule has 0 fully saturated rings. The summed E-state index contributed by atoms with van der Waals surface area (Å²) in [6.07, 6.45) is 2.31. The molecule has 6 heteroatoms. The zero-order valence-corrected chi connectivity index (χ0v) is 13.1. The van der Waals surface area contributed by atoms with E-state index >= 15 is 0 Å². The average molecular weight is 389 g/mol. The fourth-order valence-corrected chi connectivity index (χ4v) is 2.50. The van der Waals surface area contributed by atoms with Gasteiger partial charge in [-0.15, -0.1) is 0 Å². The predicted octanol–water partition coefficient (Wildman–Crippen LogP) is 3.49. The van der Waals surface area contributed by atoms with E-state index in [1.165, 1.54) is 12.1 Å². The molecule has 3 nitrogen and oxygen atoms in total. The number of halogens is 3. The molecule has 1 unspecified atom stereocenters. The molecule has 1 aromatic heterocycles. The van der Waals surface area contributed by atoms with Gasteiger partial charge in [-0.25, -0.2) is 4.39 Å². The maximum atomic E-state index is 13.4. The van der Waals surface area contributed by atoms with E-state index in [1.807, 2.05) is 18.2 Å². The summed E-state index contributed by atoms with van der Waals surface area (Å²) >= 11 is 6.61. The van der Waals surface area contributed by atoms with Crippen LogP contribution < -0.4 is 11.3 Å². The lowest BCUT2D eigenvalue weighted by atomic mass is 10.0. The van der Waals surface area contributed by atoms with Gasteiger partial charge in [0, 0.05) is 27.3 Å². The second kappa shape index (κ2) is 6.56. The Bertz CT molecular complexity index is 540. The molecule has 1 aromatic carbocycles. The topological polar surface area (TPSA) is 50.9 Å². The van der Waals surface area contributed by atoms with Crippen molar-refractivity contribution in [2.45, 2.75) is 12.5 Å². The highest BCUT2D eigenvalue weighted by Crippen LogP contribution is 2.22. The Balaban J connectivity index is 2.22. The van der Waals surface area contributed by atoms with E-state index in [1.54, 1.807) is 6.20 Å². The molecule has 0 saturated heterocycles. The van der Waals surface area contributed by atoms with E-state index < -0.39 is 0 Å². The minimum atomic E-state index is -0.298. The minimum absolute atomic E-state index is 0.194. The van der Waals surface area contributed by atoms with Gasteiger partial charge in [0.15, 0.2) is 0 Å². The zero-order chi connectivity index (χ0) is 13.8. The molecule has 0 aliphatic rings. The van der Waals surface area contributed by atoms with Gasteiger partial charge in [-0.2, -0.15) is 0 Å². The number of hydrogen-bond acceptors (Lipinski definition) is 3. The summed E-state index contributed by atoms with van der Waals surface area (Å²) in [5, 5.41) is 0. The van der Waals surface area contributed by atoms with Gasteiger partial charge < -0.3 is 0 Å². The minimum Gasteiger partial charge on any atom is -0.271 e. The van der Waals surface area contributed by atoms with Crippen molar-refractivity contribution in [3.05, 3.63) is 62.5 Å². The second-order valence-electron chi connectivity index (χ2n) is 4.09. The third-order valence-corrected chi connectivity index (χ3v) is 3.62. The third-order valence-electron chi connectivity index (χ3n) is 2.69. The number of hydrogen-bond donors (Lipinski definition) is 2. The van der Waals surface area contributed by atoms with Crippen LogP contribution in [0.1, 0.15) is 17.3 Å². The van der Waals surface area contributed by atoms with Crippen LogP contribution in [-0.4, -0.2) is 4.98 Å². The fourth-order valence-electron chi connectivity index (χ4n) is 1.79. The highest BCUT2D eigenvalue weighted by Gasteiger charge is 2.13. The zero-order valence-electron chi connectivity index (χ0n) is 9.91. The molecule has 19 heavy (non-hydrogen) atoms. The SMILES string of the molecule is NNC(Cc1ccc(Br)cn1)c1cc(F)cc(Br)c1. The van der Waals surface area contributed by atoms with E-state index in [-0.39, 0.29) is 11.9 Å². The summed E-state index contributed by atoms with van der Waals surface area (Å²) in [5.74, 6) is 5.26. The molecule has 2 rings (SSSR count). The number of pyridine rings is 1. The predicted molar refractivity (Wildman–Crippen MR) is 79.8 cm³/mol. The fraction of sp³-hybridized carbons (Fsp3) is 0.154. The first kappa shape index (κ1) is 14.6. The lowest BCUT2D eigenvalue weighted by molar-refractivity contribution is 0.538. The molecule has 2 aromatic rings. The molecule has 0 radical (unpaired) electrons. The number of aromatic nitrogens is 1. The standard InChI is InChI=1S/C13H12Br2FN3/c14-9-1-2-12(18-7-9)6-13(19-17)8-3-10(15)5-11(16)4-8/h1-5,7,13,19H,6,17H2. The lowest BCUT2D eigenvalue weighted by Crippen LogP contribution is -2.29. The van der Waals surface area contributed by atoms with Crippen molar-refractivity contribution in [2.24, 2.45) is 5.84 Å². The van der Waals surface area contributed by atoms with Crippen molar-refractivity contribution in [3.8, 4) is 0 Å². The first-order valence-electron chi connectivity index (χ1n) is 5.61. The average Bonchev–Trinajstić information content (AvgIpc) is 2.37. The third kappa shape index (κ3) is 4.07. The van der Waals surface area contributed by atoms with E-state index in [2.05, 4.69) is 42.3 Å². The summed E-state index contributed by atoms with van der Waals surface area (Å²) < 4.78 is 15.0. The van der Waals surface area contributed by atoms with E-state index in [0.29, 0.717) is 10.9 Å². The van der Waals surface area contributed by atoms with Gasteiger partial charge in [0.05, 0.1) is 6.04 Å². The number of nitrogens with zero attached hydrogens (tertiary/aromatic N) is 1. The van der Waals surface area contributed by atoms with Crippen LogP contribution in [0, 0.1) is 5.82 Å². The Morgan fingerprint density at radius 1 is 1.21 bits per heavy atom. The van der Waals surface area contributed by atoms with Gasteiger partial charge in [0.1, 0.15) is 5.82 Å². The summed E-state index contributed by atoms with van der Waals surface area (Å²) in [6.45, 7) is 0. The summed E-state index contributed by atoms with van der Waals surface area (Å²) in [4.78, 5) is 4.29. The number of nitrogens with one attached hydrogen (secondary N) is 1. The quantitative estimate of drug-likeness (QED) is 0.622. The molecule has 100 valence electrons. The number of benzene rings is 1. The Morgan fingerprint density at radius 3 is 2.58 bits per heavy atom. The highest BCUT2D eigenvalue weighted by molar-refractivity contribution is 9.10. The molecular weight excluding hydrogens is 377 g/mol. The summed E-state index contributed by atoms with van der Waals surface area (Å²) in [7, 11) is 0. The van der Waals surface area contributed by atoms with Crippen LogP contribution in [0.5, 0.6) is 0 Å². The van der Waals surface area contributed by atoms with Crippen molar-refractivity contribution in [1.82, 2.24) is 10.4 Å². The smallest absolute Gasteiger partial charge is 0.124 e. The molecule has 1 heterocycles. The molecule has 0 saturated carbocycles. The molecule has 0 spiro atoms. The maximum Gasteiger partial charge on any atom is 0.124 e. The molecular formula is C13H12Br2FN3. The van der Waals surface area contributed by atoms with Crippen LogP contribution in [0.4, 0.5) is 4.39 Å². The number of rotatable bonds is 4. The first-order chi connectivity index (χ1) is 9.08. The van der Waals surface area contributed by atoms with Crippen LogP contribution in [0.3, 0.4) is 0 Å². The summed E-state index contributed by atoms with van der Waals surface area (Å²) in [6, 6.07) is 8.34. The second-order valence-corrected chi connectivity index (χ2v) is 5.93. The molecule has 0 amide bonds. The number of nitrogens with two attached hydrogens (primary N) is 1. The Labute approximate surface area is 127 Å². The van der Waals surface area contributed by atoms with E-state index in [9.17, 15) is 4.39 Å². The lowest BCUT2D eigenvalue weighted by Gasteiger charge is -2.16. The Morgan fingerprint density at radius 2 is 2.00 bits per heavy atom. The van der Waals surface area contributed by atoms with Gasteiger partial charge in [-0.05, 0) is 51.8 Å². The Hall–Kier alpha value is -0.820. The summed E-state index contributed by atoms with van der Waals surface area (Å²) in [5.41, 5.74) is 4.35. The van der Waals surface area contributed by atoms with Crippen LogP contribution in [0.2, 0.25) is 0 Å². The van der Waals surface area contributed by atoms with Crippen molar-refractivity contribution in [2.75, 3.05) is 0 Å². The highest BCUT2D eigenvalue weighted by atomic mass is 79.9.